The highest BCUT2D eigenvalue weighted by Gasteiger charge is 2.40. The van der Waals surface area contributed by atoms with Gasteiger partial charge in [0.2, 0.25) is 11.9 Å². The predicted octanol–water partition coefficient (Wildman–Crippen LogP) is 3.06. The third-order valence-electron chi connectivity index (χ3n) is 4.85. The van der Waals surface area contributed by atoms with Crippen molar-refractivity contribution < 1.29 is 22.8 Å². The molecule has 1 fully saturated rings. The van der Waals surface area contributed by atoms with Crippen LogP contribution in [0.1, 0.15) is 23.6 Å². The molecular weight excluding hydrogens is 427 g/mol. The van der Waals surface area contributed by atoms with Crippen molar-refractivity contribution in [3.8, 4) is 0 Å². The number of amides is 1. The van der Waals surface area contributed by atoms with E-state index in [9.17, 15) is 18.0 Å². The fourth-order valence-corrected chi connectivity index (χ4v) is 3.33. The van der Waals surface area contributed by atoms with E-state index in [1.165, 1.54) is 29.2 Å². The van der Waals surface area contributed by atoms with Crippen molar-refractivity contribution in [2.45, 2.75) is 25.2 Å². The molecule has 9 nitrogen and oxygen atoms in total. The minimum Gasteiger partial charge on any atom is -0.358 e. The first-order valence-electron chi connectivity index (χ1n) is 9.76. The Hall–Kier alpha value is -3.67. The Morgan fingerprint density at radius 1 is 1.25 bits per heavy atom. The molecule has 1 aliphatic rings. The lowest BCUT2D eigenvalue weighted by Crippen LogP contribution is -2.26. The summed E-state index contributed by atoms with van der Waals surface area (Å²) >= 11 is 0. The molecule has 2 aromatic heterocycles. The molecule has 1 aliphatic heterocycles. The molecule has 3 aromatic rings. The van der Waals surface area contributed by atoms with Crippen LogP contribution in [0.2, 0.25) is 0 Å². The summed E-state index contributed by atoms with van der Waals surface area (Å²) in [6, 6.07) is 8.72. The average Bonchev–Trinajstić information content (AvgIpc) is 3.43. The van der Waals surface area contributed by atoms with Gasteiger partial charge >= 0.3 is 6.18 Å². The standard InChI is InChI=1S/C20H20F3N7O2/c1-24-17(31)12-29-11-14(9-26-29)27-19-25-10-15(20(21,22)23)18(28-19)30-16(7-8-32-30)13-5-3-2-4-6-13/h2-6,9-11,16H,7-8,12H2,1H3,(H,24,31)(H,25,27,28). The number of nitrogens with one attached hydrogen (secondary N) is 2. The van der Waals surface area contributed by atoms with Crippen molar-refractivity contribution in [1.82, 2.24) is 25.1 Å². The maximum Gasteiger partial charge on any atom is 0.421 e. The lowest BCUT2D eigenvalue weighted by Gasteiger charge is -2.26. The van der Waals surface area contributed by atoms with Crippen LogP contribution >= 0.6 is 0 Å². The number of aromatic nitrogens is 4. The monoisotopic (exact) mass is 447 g/mol. The molecule has 168 valence electrons. The number of halogens is 3. The smallest absolute Gasteiger partial charge is 0.358 e. The number of rotatable bonds is 6. The molecule has 32 heavy (non-hydrogen) atoms. The third-order valence-corrected chi connectivity index (χ3v) is 4.85. The van der Waals surface area contributed by atoms with Gasteiger partial charge in [0, 0.05) is 25.9 Å². The van der Waals surface area contributed by atoms with Gasteiger partial charge in [-0.25, -0.2) is 10.0 Å². The SMILES string of the molecule is CNC(=O)Cn1cc(Nc2ncc(C(F)(F)F)c(N3OCCC3c3ccccc3)n2)cn1. The summed E-state index contributed by atoms with van der Waals surface area (Å²) in [4.78, 5) is 25.0. The Labute approximate surface area is 181 Å². The number of likely N-dealkylation sites (N-methyl/N-ethyl adjacent to an activating group) is 1. The van der Waals surface area contributed by atoms with Gasteiger partial charge in [-0.3, -0.25) is 14.3 Å². The number of benzene rings is 1. The fourth-order valence-electron chi connectivity index (χ4n) is 3.33. The average molecular weight is 447 g/mol. The van der Waals surface area contributed by atoms with E-state index in [4.69, 9.17) is 4.84 Å². The summed E-state index contributed by atoms with van der Waals surface area (Å²) in [7, 11) is 1.51. The third kappa shape index (κ3) is 4.64. The van der Waals surface area contributed by atoms with Gasteiger partial charge in [0.1, 0.15) is 12.1 Å². The van der Waals surface area contributed by atoms with Gasteiger partial charge in [0.15, 0.2) is 5.82 Å². The molecule has 3 heterocycles. The lowest BCUT2D eigenvalue weighted by molar-refractivity contribution is -0.138. The van der Waals surface area contributed by atoms with Crippen molar-refractivity contribution in [2.75, 3.05) is 24.0 Å². The topological polar surface area (TPSA) is 97.2 Å². The summed E-state index contributed by atoms with van der Waals surface area (Å²) in [5.41, 5.74) is 0.240. The minimum absolute atomic E-state index is 0.00231. The molecule has 1 amide bonds. The van der Waals surface area contributed by atoms with E-state index < -0.39 is 17.8 Å². The van der Waals surface area contributed by atoms with E-state index in [0.29, 0.717) is 12.1 Å². The van der Waals surface area contributed by atoms with E-state index in [1.54, 1.807) is 0 Å². The Morgan fingerprint density at radius 2 is 2.03 bits per heavy atom. The van der Waals surface area contributed by atoms with Crippen molar-refractivity contribution >= 4 is 23.4 Å². The lowest BCUT2D eigenvalue weighted by atomic mass is 10.0. The fraction of sp³-hybridized carbons (Fsp3) is 0.300. The van der Waals surface area contributed by atoms with Crippen LogP contribution in [0.4, 0.5) is 30.6 Å². The van der Waals surface area contributed by atoms with Gasteiger partial charge in [0.25, 0.3) is 0 Å². The highest BCUT2D eigenvalue weighted by Crippen LogP contribution is 2.41. The van der Waals surface area contributed by atoms with Crippen molar-refractivity contribution in [1.29, 1.82) is 0 Å². The molecule has 1 unspecified atom stereocenters. The molecule has 0 spiro atoms. The number of hydrogen-bond acceptors (Lipinski definition) is 7. The highest BCUT2D eigenvalue weighted by molar-refractivity contribution is 5.75. The number of hydrogen-bond donors (Lipinski definition) is 2. The number of hydroxylamine groups is 1. The normalized spacial score (nSPS) is 16.2. The quantitative estimate of drug-likeness (QED) is 0.600. The first kappa shape index (κ1) is 21.6. The zero-order valence-corrected chi connectivity index (χ0v) is 17.0. The van der Waals surface area contributed by atoms with Crippen molar-refractivity contribution in [2.24, 2.45) is 0 Å². The summed E-state index contributed by atoms with van der Waals surface area (Å²) in [5.74, 6) is -0.681. The van der Waals surface area contributed by atoms with E-state index in [0.717, 1.165) is 11.8 Å². The summed E-state index contributed by atoms with van der Waals surface area (Å²) in [5, 5.41) is 10.5. The predicted molar refractivity (Wildman–Crippen MR) is 109 cm³/mol. The molecule has 1 saturated heterocycles. The van der Waals surface area contributed by atoms with Gasteiger partial charge in [0.05, 0.1) is 24.5 Å². The van der Waals surface area contributed by atoms with Crippen LogP contribution in [0.15, 0.2) is 48.9 Å². The Bertz CT molecular complexity index is 1090. The molecule has 12 heteroatoms. The van der Waals surface area contributed by atoms with Crippen LogP contribution in [0.25, 0.3) is 0 Å². The van der Waals surface area contributed by atoms with E-state index in [2.05, 4.69) is 25.7 Å². The van der Waals surface area contributed by atoms with Crippen LogP contribution in [0.5, 0.6) is 0 Å². The zero-order chi connectivity index (χ0) is 22.7. The molecule has 0 radical (unpaired) electrons. The van der Waals surface area contributed by atoms with Crippen LogP contribution in [-0.4, -0.2) is 39.3 Å². The number of anilines is 3. The van der Waals surface area contributed by atoms with Crippen LogP contribution in [0, 0.1) is 0 Å². The Balaban J connectivity index is 1.64. The maximum absolute atomic E-state index is 13.7. The first-order valence-corrected chi connectivity index (χ1v) is 9.76. The maximum atomic E-state index is 13.7. The number of nitrogens with zero attached hydrogens (tertiary/aromatic N) is 5. The number of carbonyl (C=O) groups excluding carboxylic acids is 1. The van der Waals surface area contributed by atoms with Crippen LogP contribution < -0.4 is 15.7 Å². The zero-order valence-electron chi connectivity index (χ0n) is 17.0. The van der Waals surface area contributed by atoms with Gasteiger partial charge in [-0.15, -0.1) is 0 Å². The second-order valence-corrected chi connectivity index (χ2v) is 7.03. The Morgan fingerprint density at radius 3 is 2.75 bits per heavy atom. The Kier molecular flexibility index (Phi) is 5.95. The van der Waals surface area contributed by atoms with E-state index in [1.807, 2.05) is 30.3 Å². The number of carbonyl (C=O) groups is 1. The molecule has 1 aromatic carbocycles. The summed E-state index contributed by atoms with van der Waals surface area (Å²) in [6.45, 7) is 0.257. The number of alkyl halides is 3. The second kappa shape index (κ2) is 8.83. The van der Waals surface area contributed by atoms with Crippen LogP contribution in [0.3, 0.4) is 0 Å². The molecule has 0 bridgehead atoms. The molecule has 0 aliphatic carbocycles. The van der Waals surface area contributed by atoms with Gasteiger partial charge in [-0.1, -0.05) is 30.3 Å². The largest absolute Gasteiger partial charge is 0.421 e. The van der Waals surface area contributed by atoms with Gasteiger partial charge in [-0.05, 0) is 5.56 Å². The molecule has 0 saturated carbocycles. The highest BCUT2D eigenvalue weighted by atomic mass is 19.4. The van der Waals surface area contributed by atoms with E-state index in [-0.39, 0.29) is 30.8 Å². The molecule has 2 N–H and O–H groups in total. The molecular formula is C20H20F3N7O2. The first-order chi connectivity index (χ1) is 15.3. The van der Waals surface area contributed by atoms with Gasteiger partial charge in [-0.2, -0.15) is 23.3 Å². The van der Waals surface area contributed by atoms with Gasteiger partial charge < -0.3 is 10.6 Å². The second-order valence-electron chi connectivity index (χ2n) is 7.03. The van der Waals surface area contributed by atoms with Crippen molar-refractivity contribution in [3.05, 3.63) is 60.0 Å². The minimum atomic E-state index is -4.67. The molecule has 4 rings (SSSR count). The van der Waals surface area contributed by atoms with Crippen LogP contribution in [-0.2, 0) is 22.4 Å². The summed E-state index contributed by atoms with van der Waals surface area (Å²) in [6.07, 6.45) is -0.485. The van der Waals surface area contributed by atoms with E-state index >= 15 is 0 Å². The van der Waals surface area contributed by atoms with Crippen molar-refractivity contribution in [3.63, 3.8) is 0 Å². The molecule has 1 atom stereocenters. The summed E-state index contributed by atoms with van der Waals surface area (Å²) < 4.78 is 42.5.